The Morgan fingerprint density at radius 2 is 1.22 bits per heavy atom. The van der Waals surface area contributed by atoms with Gasteiger partial charge in [0.2, 0.25) is 0 Å². The molecule has 0 radical (unpaired) electrons. The molecule has 1 fully saturated rings. The average Bonchev–Trinajstić information content (AvgIpc) is 3.95. The summed E-state index contributed by atoms with van der Waals surface area (Å²) in [6, 6.07) is 36.3. The Hall–Kier alpha value is -5.52. The fraction of sp³-hybridized carbons (Fsp3) is 0.412. The van der Waals surface area contributed by atoms with Gasteiger partial charge in [-0.2, -0.15) is 0 Å². The summed E-state index contributed by atoms with van der Waals surface area (Å²) in [7, 11) is 0. The van der Waals surface area contributed by atoms with Crippen molar-refractivity contribution in [3.63, 3.8) is 0 Å². The van der Waals surface area contributed by atoms with E-state index in [1.807, 2.05) is 0 Å². The van der Waals surface area contributed by atoms with Gasteiger partial charge in [0.15, 0.2) is 5.58 Å². The molecule has 2 aromatic heterocycles. The molecule has 1 atom stereocenters. The molecule has 4 heterocycles. The molecule has 7 aliphatic rings. The third-order valence-electron chi connectivity index (χ3n) is 20.3. The summed E-state index contributed by atoms with van der Waals surface area (Å²) >= 11 is 2.08. The van der Waals surface area contributed by atoms with Crippen molar-refractivity contribution in [2.45, 2.75) is 163 Å². The SMILES string of the molecule is CC1(C)CCC(C)(C)C2Cc3c(sc4c3B3c5cc6c(cc5N(c5cccc7c8c(oc57)C=CCC8)c5cc(-c7ccccc7)cc(c53)N4c3ccc4c(c3)C(C)(C)CCC4(C)C)C(C)(C)CCC6(C)C)C=C21. The highest BCUT2D eigenvalue weighted by Gasteiger charge is 2.52. The van der Waals surface area contributed by atoms with Gasteiger partial charge in [0.25, 0.3) is 6.71 Å². The van der Waals surface area contributed by atoms with Gasteiger partial charge in [-0.25, -0.2) is 0 Å². The van der Waals surface area contributed by atoms with E-state index in [0.29, 0.717) is 5.92 Å². The Kier molecular flexibility index (Phi) is 9.51. The van der Waals surface area contributed by atoms with Gasteiger partial charge in [0.1, 0.15) is 5.76 Å². The van der Waals surface area contributed by atoms with E-state index in [0.717, 1.165) is 42.7 Å². The van der Waals surface area contributed by atoms with Crippen LogP contribution in [0.3, 0.4) is 0 Å². The molecule has 7 aromatic rings. The summed E-state index contributed by atoms with van der Waals surface area (Å²) in [4.78, 5) is 6.93. The number of anilines is 6. The molecule has 0 saturated heterocycles. The standard InChI is InChI=1S/C68H73BN2OS/c1-63(2)27-28-64(3,4)47-35-42(25-26-46(47)63)70-55-33-41(40-19-14-13-15-20-40)34-56-60(55)69(59-45-36-48-51(39-58(45)73-62(59)70)68(11,12)32-29-65(48,5)6)52-37-49-50(67(9,10)31-30-66(49,7)8)38-54(52)71(56)53-23-18-22-44-43-21-16-17-24-57(43)72-61(44)53/h13-15,17-20,22-26,33-35,37-39,48H,16,21,27-32,36H2,1-12H3. The molecule has 73 heavy (non-hydrogen) atoms. The number of hydrogen-bond acceptors (Lipinski definition) is 4. The maximum atomic E-state index is 7.14. The van der Waals surface area contributed by atoms with Crippen molar-refractivity contribution in [1.29, 1.82) is 0 Å². The predicted octanol–water partition coefficient (Wildman–Crippen LogP) is 17.3. The van der Waals surface area contributed by atoms with Crippen LogP contribution in [0.1, 0.15) is 172 Å². The van der Waals surface area contributed by atoms with E-state index in [-0.39, 0.29) is 39.2 Å². The minimum atomic E-state index is 0.0227. The zero-order valence-corrected chi connectivity index (χ0v) is 46.4. The Morgan fingerprint density at radius 1 is 0.562 bits per heavy atom. The summed E-state index contributed by atoms with van der Waals surface area (Å²) in [5.41, 5.74) is 25.3. The number of aryl methyl sites for hydroxylation is 1. The van der Waals surface area contributed by atoms with Gasteiger partial charge in [-0.05, 0) is 200 Å². The quantitative estimate of drug-likeness (QED) is 0.165. The van der Waals surface area contributed by atoms with Crippen LogP contribution < -0.4 is 26.2 Å². The van der Waals surface area contributed by atoms with E-state index in [4.69, 9.17) is 4.42 Å². The first-order valence-corrected chi connectivity index (χ1v) is 28.7. The van der Waals surface area contributed by atoms with Gasteiger partial charge in [-0.1, -0.05) is 149 Å². The second kappa shape index (κ2) is 15.1. The number of fused-ring (bicyclic) bond motifs is 12. The molecule has 1 saturated carbocycles. The van der Waals surface area contributed by atoms with Gasteiger partial charge in [-0.3, -0.25) is 0 Å². The number of benzene rings is 5. The molecule has 3 nitrogen and oxygen atoms in total. The number of nitrogens with zero attached hydrogens (tertiary/aromatic N) is 2. The monoisotopic (exact) mass is 977 g/mol. The molecule has 14 rings (SSSR count). The third kappa shape index (κ3) is 6.55. The molecule has 1 unspecified atom stereocenters. The Balaban J connectivity index is 1.14. The molecule has 0 bridgehead atoms. The summed E-state index contributed by atoms with van der Waals surface area (Å²) in [6.07, 6.45) is 17.5. The fourth-order valence-electron chi connectivity index (χ4n) is 15.4. The van der Waals surface area contributed by atoms with Crippen molar-refractivity contribution in [3.05, 3.63) is 147 Å². The lowest BCUT2D eigenvalue weighted by atomic mass is 9.32. The Morgan fingerprint density at radius 3 is 1.95 bits per heavy atom. The molecule has 370 valence electrons. The van der Waals surface area contributed by atoms with Crippen molar-refractivity contribution >= 4 is 91.0 Å². The number of para-hydroxylation sites is 1. The van der Waals surface area contributed by atoms with E-state index >= 15 is 0 Å². The van der Waals surface area contributed by atoms with Crippen LogP contribution in [0.2, 0.25) is 0 Å². The predicted molar refractivity (Wildman–Crippen MR) is 313 cm³/mol. The maximum absolute atomic E-state index is 7.14. The normalized spacial score (nSPS) is 22.5. The van der Waals surface area contributed by atoms with Gasteiger partial charge < -0.3 is 14.2 Å². The molecule has 5 aromatic carbocycles. The van der Waals surface area contributed by atoms with Gasteiger partial charge in [0, 0.05) is 38.6 Å². The molecule has 0 amide bonds. The van der Waals surface area contributed by atoms with Crippen LogP contribution in [-0.4, -0.2) is 6.71 Å². The maximum Gasteiger partial charge on any atom is 0.253 e. The minimum Gasteiger partial charge on any atom is -0.454 e. The number of rotatable bonds is 3. The molecule has 0 N–H and O–H groups in total. The van der Waals surface area contributed by atoms with Crippen LogP contribution in [0.4, 0.5) is 33.4 Å². The number of hydrogen-bond donors (Lipinski definition) is 0. The molecular formula is C68H73BN2OS. The summed E-state index contributed by atoms with van der Waals surface area (Å²) in [6.45, 7) is 30.2. The zero-order chi connectivity index (χ0) is 50.5. The number of thiophene rings is 1. The fourth-order valence-corrected chi connectivity index (χ4v) is 16.7. The van der Waals surface area contributed by atoms with Gasteiger partial charge in [-0.15, -0.1) is 11.3 Å². The first-order chi connectivity index (χ1) is 34.6. The van der Waals surface area contributed by atoms with E-state index < -0.39 is 0 Å². The lowest BCUT2D eigenvalue weighted by Crippen LogP contribution is -2.62. The highest BCUT2D eigenvalue weighted by atomic mass is 32.1. The van der Waals surface area contributed by atoms with Gasteiger partial charge >= 0.3 is 0 Å². The summed E-state index contributed by atoms with van der Waals surface area (Å²) in [5.74, 6) is 1.50. The van der Waals surface area contributed by atoms with Crippen LogP contribution in [0.5, 0.6) is 0 Å². The Labute approximate surface area is 439 Å². The van der Waals surface area contributed by atoms with Crippen LogP contribution in [0, 0.1) is 16.7 Å². The van der Waals surface area contributed by atoms with Crippen molar-refractivity contribution in [2.75, 3.05) is 9.80 Å². The highest BCUT2D eigenvalue weighted by molar-refractivity contribution is 7.21. The third-order valence-corrected chi connectivity index (χ3v) is 21.5. The average molecular weight is 977 g/mol. The zero-order valence-electron chi connectivity index (χ0n) is 45.6. The van der Waals surface area contributed by atoms with E-state index in [1.54, 1.807) is 16.6 Å². The lowest BCUT2D eigenvalue weighted by molar-refractivity contribution is 0.124. The second-order valence-corrected chi connectivity index (χ2v) is 28.6. The van der Waals surface area contributed by atoms with Crippen molar-refractivity contribution < 1.29 is 4.42 Å². The van der Waals surface area contributed by atoms with Crippen molar-refractivity contribution in [2.24, 2.45) is 16.7 Å². The second-order valence-electron chi connectivity index (χ2n) is 27.6. The number of furan rings is 1. The Bertz CT molecular complexity index is 3590. The highest BCUT2D eigenvalue weighted by Crippen LogP contribution is 2.59. The summed E-state index contributed by atoms with van der Waals surface area (Å²) < 4.78 is 7.14. The van der Waals surface area contributed by atoms with Crippen molar-refractivity contribution in [1.82, 2.24) is 0 Å². The first-order valence-electron chi connectivity index (χ1n) is 27.9. The topological polar surface area (TPSA) is 19.6 Å². The lowest BCUT2D eigenvalue weighted by Gasteiger charge is -2.50. The van der Waals surface area contributed by atoms with Crippen LogP contribution in [0.15, 0.2) is 107 Å². The first kappa shape index (κ1) is 46.0. The van der Waals surface area contributed by atoms with Crippen LogP contribution in [0.25, 0.3) is 34.2 Å². The number of allylic oxidation sites excluding steroid dienone is 2. The molecule has 0 spiro atoms. The van der Waals surface area contributed by atoms with Crippen LogP contribution >= 0.6 is 11.3 Å². The molecule has 5 aliphatic carbocycles. The smallest absolute Gasteiger partial charge is 0.253 e. The van der Waals surface area contributed by atoms with E-state index in [9.17, 15) is 0 Å². The minimum absolute atomic E-state index is 0.0227. The largest absolute Gasteiger partial charge is 0.454 e. The molecule has 2 aliphatic heterocycles. The van der Waals surface area contributed by atoms with E-state index in [1.165, 1.54) is 120 Å². The molecular weight excluding hydrogens is 904 g/mol. The van der Waals surface area contributed by atoms with E-state index in [2.05, 4.69) is 213 Å². The molecule has 5 heteroatoms. The van der Waals surface area contributed by atoms with Crippen molar-refractivity contribution in [3.8, 4) is 11.1 Å². The summed E-state index contributed by atoms with van der Waals surface area (Å²) in [5, 5.41) is 2.64. The van der Waals surface area contributed by atoms with Gasteiger partial charge in [0.05, 0.1) is 10.7 Å². The van der Waals surface area contributed by atoms with Crippen LogP contribution in [-0.2, 0) is 34.5 Å².